The molecular formula is C8H15ClO3. The molecule has 0 unspecified atom stereocenters. The molecular weight excluding hydrogens is 180 g/mol. The largest absolute Gasteiger partial charge is 0.479 e. The highest BCUT2D eigenvalue weighted by molar-refractivity contribution is 6.17. The van der Waals surface area contributed by atoms with Crippen LogP contribution >= 0.6 is 11.6 Å². The Morgan fingerprint density at radius 3 is 2.25 bits per heavy atom. The van der Waals surface area contributed by atoms with Gasteiger partial charge in [-0.1, -0.05) is 13.8 Å². The highest BCUT2D eigenvalue weighted by Crippen LogP contribution is 2.20. The first-order chi connectivity index (χ1) is 5.63. The minimum Gasteiger partial charge on any atom is -0.479 e. The third-order valence-corrected chi connectivity index (χ3v) is 2.14. The maximum atomic E-state index is 10.8. The smallest absolute Gasteiger partial charge is 0.335 e. The van der Waals surface area contributed by atoms with Crippen molar-refractivity contribution in [3.63, 3.8) is 0 Å². The molecule has 0 fully saturated rings. The van der Waals surface area contributed by atoms with Crippen molar-refractivity contribution in [3.8, 4) is 0 Å². The summed E-state index contributed by atoms with van der Waals surface area (Å²) in [4.78, 5) is 10.8. The van der Waals surface area contributed by atoms with Gasteiger partial charge in [0.2, 0.25) is 0 Å². The lowest BCUT2D eigenvalue weighted by Crippen LogP contribution is -2.40. The Morgan fingerprint density at radius 2 is 2.00 bits per heavy atom. The van der Waals surface area contributed by atoms with E-state index in [0.717, 1.165) is 0 Å². The number of carboxylic acid groups (broad SMARTS) is 1. The van der Waals surface area contributed by atoms with Crippen LogP contribution in [0.5, 0.6) is 0 Å². The molecule has 1 N–H and O–H groups in total. The Bertz CT molecular complexity index is 143. The number of carboxylic acids is 1. The molecule has 0 aliphatic heterocycles. The van der Waals surface area contributed by atoms with Gasteiger partial charge in [0.15, 0.2) is 5.60 Å². The van der Waals surface area contributed by atoms with Gasteiger partial charge in [0, 0.05) is 5.88 Å². The molecule has 0 spiro atoms. The first-order valence-corrected chi connectivity index (χ1v) is 4.59. The van der Waals surface area contributed by atoms with E-state index in [-0.39, 0.29) is 6.61 Å². The zero-order chi connectivity index (χ0) is 9.61. The molecule has 0 rings (SSSR count). The van der Waals surface area contributed by atoms with Crippen molar-refractivity contribution in [1.82, 2.24) is 0 Å². The summed E-state index contributed by atoms with van der Waals surface area (Å²) in [6.07, 6.45) is 0.936. The summed E-state index contributed by atoms with van der Waals surface area (Å²) in [5.74, 6) is -0.577. The van der Waals surface area contributed by atoms with Gasteiger partial charge in [-0.05, 0) is 12.8 Å². The Balaban J connectivity index is 4.25. The highest BCUT2D eigenvalue weighted by Gasteiger charge is 2.35. The van der Waals surface area contributed by atoms with E-state index in [1.54, 1.807) is 13.8 Å². The minimum absolute atomic E-state index is 0.287. The second-order valence-corrected chi connectivity index (χ2v) is 2.92. The zero-order valence-corrected chi connectivity index (χ0v) is 8.23. The van der Waals surface area contributed by atoms with Crippen LogP contribution in [-0.4, -0.2) is 29.2 Å². The SMILES string of the molecule is CCC(CC)(OCCCl)C(=O)O. The Kier molecular flexibility index (Phi) is 5.25. The molecule has 12 heavy (non-hydrogen) atoms. The van der Waals surface area contributed by atoms with Gasteiger partial charge in [0.05, 0.1) is 6.61 Å². The molecule has 0 bridgehead atoms. The molecule has 72 valence electrons. The lowest BCUT2D eigenvalue weighted by Gasteiger charge is -2.26. The van der Waals surface area contributed by atoms with E-state index in [1.807, 2.05) is 0 Å². The van der Waals surface area contributed by atoms with Crippen molar-refractivity contribution >= 4 is 17.6 Å². The van der Waals surface area contributed by atoms with Crippen LogP contribution in [0.25, 0.3) is 0 Å². The summed E-state index contributed by atoms with van der Waals surface area (Å²) in [5, 5.41) is 8.88. The van der Waals surface area contributed by atoms with Gasteiger partial charge in [0.1, 0.15) is 0 Å². The second kappa shape index (κ2) is 5.38. The monoisotopic (exact) mass is 194 g/mol. The van der Waals surface area contributed by atoms with E-state index < -0.39 is 11.6 Å². The average molecular weight is 195 g/mol. The number of hydrogen-bond donors (Lipinski definition) is 1. The van der Waals surface area contributed by atoms with Crippen molar-refractivity contribution in [3.05, 3.63) is 0 Å². The van der Waals surface area contributed by atoms with Gasteiger partial charge in [-0.15, -0.1) is 11.6 Å². The number of hydrogen-bond acceptors (Lipinski definition) is 2. The number of aliphatic carboxylic acids is 1. The van der Waals surface area contributed by atoms with E-state index in [9.17, 15) is 4.79 Å². The molecule has 0 radical (unpaired) electrons. The van der Waals surface area contributed by atoms with Gasteiger partial charge >= 0.3 is 5.97 Å². The topological polar surface area (TPSA) is 46.5 Å². The molecule has 0 heterocycles. The van der Waals surface area contributed by atoms with E-state index in [1.165, 1.54) is 0 Å². The molecule has 0 aromatic heterocycles. The van der Waals surface area contributed by atoms with E-state index in [0.29, 0.717) is 18.7 Å². The first-order valence-electron chi connectivity index (χ1n) is 4.06. The van der Waals surface area contributed by atoms with Crippen LogP contribution in [0.2, 0.25) is 0 Å². The predicted octanol–water partition coefficient (Wildman–Crippen LogP) is 1.89. The van der Waals surface area contributed by atoms with Gasteiger partial charge in [-0.25, -0.2) is 4.79 Å². The Morgan fingerprint density at radius 1 is 1.50 bits per heavy atom. The lowest BCUT2D eigenvalue weighted by molar-refractivity contribution is -0.166. The summed E-state index contributed by atoms with van der Waals surface area (Å²) in [7, 11) is 0. The third-order valence-electron chi connectivity index (χ3n) is 1.99. The van der Waals surface area contributed by atoms with Crippen LogP contribution in [-0.2, 0) is 9.53 Å². The maximum Gasteiger partial charge on any atom is 0.335 e. The van der Waals surface area contributed by atoms with Crippen LogP contribution in [0.4, 0.5) is 0 Å². The maximum absolute atomic E-state index is 10.8. The lowest BCUT2D eigenvalue weighted by atomic mass is 9.97. The summed E-state index contributed by atoms with van der Waals surface area (Å²) < 4.78 is 5.21. The molecule has 4 heteroatoms. The Labute approximate surface area is 77.7 Å². The zero-order valence-electron chi connectivity index (χ0n) is 7.47. The van der Waals surface area contributed by atoms with Gasteiger partial charge in [0.25, 0.3) is 0 Å². The number of ether oxygens (including phenoxy) is 1. The number of alkyl halides is 1. The minimum atomic E-state index is -1.03. The fourth-order valence-electron chi connectivity index (χ4n) is 1.05. The molecule has 0 aliphatic rings. The Hall–Kier alpha value is -0.280. The molecule has 0 amide bonds. The van der Waals surface area contributed by atoms with Crippen LogP contribution < -0.4 is 0 Å². The fraction of sp³-hybridized carbons (Fsp3) is 0.875. The van der Waals surface area contributed by atoms with Crippen molar-refractivity contribution in [2.24, 2.45) is 0 Å². The molecule has 0 aromatic carbocycles. The van der Waals surface area contributed by atoms with Crippen LogP contribution in [0.15, 0.2) is 0 Å². The van der Waals surface area contributed by atoms with Crippen molar-refractivity contribution in [1.29, 1.82) is 0 Å². The van der Waals surface area contributed by atoms with E-state index >= 15 is 0 Å². The number of halogens is 1. The average Bonchev–Trinajstić information content (AvgIpc) is 2.07. The highest BCUT2D eigenvalue weighted by atomic mass is 35.5. The standard InChI is InChI=1S/C8H15ClO3/c1-3-8(4-2,7(10)11)12-6-5-9/h3-6H2,1-2H3,(H,10,11). The summed E-state index contributed by atoms with van der Waals surface area (Å²) in [6.45, 7) is 3.88. The molecule has 3 nitrogen and oxygen atoms in total. The van der Waals surface area contributed by atoms with E-state index in [4.69, 9.17) is 21.4 Å². The normalized spacial score (nSPS) is 11.6. The van der Waals surface area contributed by atoms with Gasteiger partial charge < -0.3 is 9.84 Å². The van der Waals surface area contributed by atoms with Gasteiger partial charge in [-0.3, -0.25) is 0 Å². The quantitative estimate of drug-likeness (QED) is 0.657. The van der Waals surface area contributed by atoms with Crippen LogP contribution in [0.3, 0.4) is 0 Å². The molecule has 0 aromatic rings. The van der Waals surface area contributed by atoms with Crippen LogP contribution in [0.1, 0.15) is 26.7 Å². The van der Waals surface area contributed by atoms with Crippen molar-refractivity contribution in [2.75, 3.05) is 12.5 Å². The first kappa shape index (κ1) is 11.7. The van der Waals surface area contributed by atoms with Crippen molar-refractivity contribution < 1.29 is 14.6 Å². The summed E-state index contributed by atoms with van der Waals surface area (Å²) in [5.41, 5.74) is -1.03. The molecule has 0 saturated heterocycles. The molecule has 0 atom stereocenters. The van der Waals surface area contributed by atoms with Crippen molar-refractivity contribution in [2.45, 2.75) is 32.3 Å². The molecule has 0 aliphatic carbocycles. The molecule has 0 saturated carbocycles. The second-order valence-electron chi connectivity index (χ2n) is 2.54. The predicted molar refractivity (Wildman–Crippen MR) is 47.6 cm³/mol. The summed E-state index contributed by atoms with van der Waals surface area (Å²) >= 11 is 5.41. The fourth-order valence-corrected chi connectivity index (χ4v) is 1.13. The third kappa shape index (κ3) is 2.64. The van der Waals surface area contributed by atoms with Crippen LogP contribution in [0, 0.1) is 0 Å². The van der Waals surface area contributed by atoms with Gasteiger partial charge in [-0.2, -0.15) is 0 Å². The number of carbonyl (C=O) groups is 1. The van der Waals surface area contributed by atoms with E-state index in [2.05, 4.69) is 0 Å². The summed E-state index contributed by atoms with van der Waals surface area (Å²) in [6, 6.07) is 0. The number of rotatable bonds is 6.